The zero-order chi connectivity index (χ0) is 23.7. The molecule has 0 radical (unpaired) electrons. The number of benzene rings is 3. The SMILES string of the molecule is C=CCc1ccc(C[C@H]2C(=O)OCN2C(=O)OCC2c3ccccc3-c3ccccc32)cc1F. The molecule has 0 N–H and O–H groups in total. The van der Waals surface area contributed by atoms with Crippen LogP contribution in [-0.2, 0) is 27.1 Å². The molecule has 3 aromatic carbocycles. The standard InChI is InChI=1S/C28H24FNO4/c1-2-7-19-13-12-18(14-25(19)29)15-26-27(31)34-17-30(26)28(32)33-16-24-22-10-5-3-8-20(22)21-9-4-6-11-23(21)24/h2-6,8-14,24,26H,1,7,15-17H2/t26-/m0/s1. The van der Waals surface area contributed by atoms with Gasteiger partial charge in [0.25, 0.3) is 0 Å². The van der Waals surface area contributed by atoms with Crippen LogP contribution in [0.15, 0.2) is 79.4 Å². The number of amides is 1. The molecule has 172 valence electrons. The van der Waals surface area contributed by atoms with Gasteiger partial charge in [0.2, 0.25) is 0 Å². The molecule has 1 aliphatic carbocycles. The summed E-state index contributed by atoms with van der Waals surface area (Å²) < 4.78 is 25.1. The Labute approximate surface area is 197 Å². The van der Waals surface area contributed by atoms with Crippen LogP contribution in [0.4, 0.5) is 9.18 Å². The molecule has 3 aromatic rings. The summed E-state index contributed by atoms with van der Waals surface area (Å²) in [6.07, 6.45) is 1.57. The number of fused-ring (bicyclic) bond motifs is 3. The fraction of sp³-hybridized carbons (Fsp3) is 0.214. The lowest BCUT2D eigenvalue weighted by molar-refractivity contribution is -0.139. The summed E-state index contributed by atoms with van der Waals surface area (Å²) in [5.41, 5.74) is 5.62. The number of nitrogens with zero attached hydrogens (tertiary/aromatic N) is 1. The van der Waals surface area contributed by atoms with Crippen LogP contribution in [0, 0.1) is 5.82 Å². The molecule has 1 aliphatic heterocycles. The second-order valence-electron chi connectivity index (χ2n) is 8.50. The number of esters is 1. The van der Waals surface area contributed by atoms with Crippen LogP contribution in [0.3, 0.4) is 0 Å². The smallest absolute Gasteiger partial charge is 0.413 e. The number of hydrogen-bond acceptors (Lipinski definition) is 4. The first kappa shape index (κ1) is 21.9. The molecule has 0 aromatic heterocycles. The number of halogens is 1. The van der Waals surface area contributed by atoms with Crippen molar-refractivity contribution >= 4 is 12.1 Å². The Bertz CT molecular complexity index is 1230. The molecule has 1 amide bonds. The second kappa shape index (κ2) is 9.14. The normalized spacial score (nSPS) is 16.7. The molecule has 0 unspecified atom stereocenters. The van der Waals surface area contributed by atoms with Crippen LogP contribution in [0.2, 0.25) is 0 Å². The molecule has 2 aliphatic rings. The van der Waals surface area contributed by atoms with Crippen LogP contribution < -0.4 is 0 Å². The predicted octanol–water partition coefficient (Wildman–Crippen LogP) is 5.23. The highest BCUT2D eigenvalue weighted by molar-refractivity contribution is 5.84. The number of cyclic esters (lactones) is 1. The average Bonchev–Trinajstić information content (AvgIpc) is 3.37. The molecule has 6 heteroatoms. The topological polar surface area (TPSA) is 55.8 Å². The van der Waals surface area contributed by atoms with Crippen LogP contribution >= 0.6 is 0 Å². The van der Waals surface area contributed by atoms with Crippen molar-refractivity contribution in [2.75, 3.05) is 13.3 Å². The van der Waals surface area contributed by atoms with Gasteiger partial charge in [-0.3, -0.25) is 4.90 Å². The van der Waals surface area contributed by atoms with Gasteiger partial charge in [0.05, 0.1) is 0 Å². The van der Waals surface area contributed by atoms with E-state index in [4.69, 9.17) is 9.47 Å². The minimum atomic E-state index is -0.861. The number of carbonyl (C=O) groups excluding carboxylic acids is 2. The van der Waals surface area contributed by atoms with Crippen molar-refractivity contribution in [3.05, 3.63) is 107 Å². The third-order valence-corrected chi connectivity index (χ3v) is 6.48. The van der Waals surface area contributed by atoms with Crippen LogP contribution in [0.25, 0.3) is 11.1 Å². The lowest BCUT2D eigenvalue weighted by Gasteiger charge is -2.22. The van der Waals surface area contributed by atoms with Gasteiger partial charge >= 0.3 is 12.1 Å². The van der Waals surface area contributed by atoms with Crippen molar-refractivity contribution in [1.29, 1.82) is 0 Å². The van der Waals surface area contributed by atoms with Gasteiger partial charge in [0.1, 0.15) is 18.5 Å². The van der Waals surface area contributed by atoms with Gasteiger partial charge in [-0.2, -0.15) is 0 Å². The van der Waals surface area contributed by atoms with Gasteiger partial charge in [0.15, 0.2) is 6.73 Å². The second-order valence-corrected chi connectivity index (χ2v) is 8.50. The first-order valence-electron chi connectivity index (χ1n) is 11.2. The average molecular weight is 458 g/mol. The highest BCUT2D eigenvalue weighted by Crippen LogP contribution is 2.44. The van der Waals surface area contributed by atoms with Crippen molar-refractivity contribution in [2.45, 2.75) is 24.8 Å². The van der Waals surface area contributed by atoms with Crippen molar-refractivity contribution in [3.8, 4) is 11.1 Å². The summed E-state index contributed by atoms with van der Waals surface area (Å²) in [5, 5.41) is 0. The summed E-state index contributed by atoms with van der Waals surface area (Å²) >= 11 is 0. The number of rotatable bonds is 6. The molecular weight excluding hydrogens is 433 g/mol. The van der Waals surface area contributed by atoms with E-state index < -0.39 is 18.1 Å². The lowest BCUT2D eigenvalue weighted by atomic mass is 9.98. The predicted molar refractivity (Wildman–Crippen MR) is 126 cm³/mol. The van der Waals surface area contributed by atoms with E-state index in [1.165, 1.54) is 11.0 Å². The van der Waals surface area contributed by atoms with Gasteiger partial charge in [0, 0.05) is 12.3 Å². The monoisotopic (exact) mass is 457 g/mol. The quantitative estimate of drug-likeness (QED) is 0.376. The van der Waals surface area contributed by atoms with E-state index in [2.05, 4.69) is 18.7 Å². The van der Waals surface area contributed by atoms with Crippen LogP contribution in [-0.4, -0.2) is 36.3 Å². The van der Waals surface area contributed by atoms with E-state index in [9.17, 15) is 14.0 Å². The van der Waals surface area contributed by atoms with Gasteiger partial charge in [-0.1, -0.05) is 66.7 Å². The molecule has 5 nitrogen and oxygen atoms in total. The fourth-order valence-corrected chi connectivity index (χ4v) is 4.76. The van der Waals surface area contributed by atoms with E-state index >= 15 is 0 Å². The van der Waals surface area contributed by atoms with E-state index in [1.54, 1.807) is 18.2 Å². The Morgan fingerprint density at radius 3 is 2.41 bits per heavy atom. The fourth-order valence-electron chi connectivity index (χ4n) is 4.76. The molecule has 1 saturated heterocycles. The molecule has 0 saturated carbocycles. The summed E-state index contributed by atoms with van der Waals surface area (Å²) in [4.78, 5) is 26.6. The number of hydrogen-bond donors (Lipinski definition) is 0. The molecule has 0 spiro atoms. The molecule has 1 heterocycles. The number of allylic oxidation sites excluding steroid dienone is 1. The van der Waals surface area contributed by atoms with Gasteiger partial charge < -0.3 is 9.47 Å². The van der Waals surface area contributed by atoms with Crippen LogP contribution in [0.5, 0.6) is 0 Å². The summed E-state index contributed by atoms with van der Waals surface area (Å²) in [7, 11) is 0. The molecule has 1 atom stereocenters. The zero-order valence-corrected chi connectivity index (χ0v) is 18.6. The maximum Gasteiger partial charge on any atom is 0.413 e. The van der Waals surface area contributed by atoms with Crippen molar-refractivity contribution < 1.29 is 23.5 Å². The maximum absolute atomic E-state index is 14.3. The first-order valence-corrected chi connectivity index (χ1v) is 11.2. The first-order chi connectivity index (χ1) is 16.6. The van der Waals surface area contributed by atoms with E-state index in [0.29, 0.717) is 17.5 Å². The van der Waals surface area contributed by atoms with Gasteiger partial charge in [-0.15, -0.1) is 6.58 Å². The summed E-state index contributed by atoms with van der Waals surface area (Å²) in [5.74, 6) is -0.971. The maximum atomic E-state index is 14.3. The van der Waals surface area contributed by atoms with E-state index in [0.717, 1.165) is 22.3 Å². The minimum Gasteiger partial charge on any atom is -0.448 e. The summed E-state index contributed by atoms with van der Waals surface area (Å²) in [6.45, 7) is 3.59. The molecule has 1 fully saturated rings. The van der Waals surface area contributed by atoms with Crippen molar-refractivity contribution in [2.24, 2.45) is 0 Å². The molecule has 5 rings (SSSR count). The Kier molecular flexibility index (Phi) is 5.88. The highest BCUT2D eigenvalue weighted by atomic mass is 19.1. The lowest BCUT2D eigenvalue weighted by Crippen LogP contribution is -2.40. The molecule has 34 heavy (non-hydrogen) atoms. The highest BCUT2D eigenvalue weighted by Gasteiger charge is 2.39. The minimum absolute atomic E-state index is 0.0828. The number of carbonyl (C=O) groups is 2. The summed E-state index contributed by atoms with van der Waals surface area (Å²) in [6, 6.07) is 20.1. The van der Waals surface area contributed by atoms with Gasteiger partial charge in [-0.05, 0) is 45.9 Å². The Hall–Kier alpha value is -3.93. The zero-order valence-electron chi connectivity index (χ0n) is 18.6. The van der Waals surface area contributed by atoms with E-state index in [-0.39, 0.29) is 31.5 Å². The van der Waals surface area contributed by atoms with E-state index in [1.807, 2.05) is 36.4 Å². The third-order valence-electron chi connectivity index (χ3n) is 6.48. The number of ether oxygens (including phenoxy) is 2. The Morgan fingerprint density at radius 2 is 1.76 bits per heavy atom. The molecule has 0 bridgehead atoms. The Balaban J connectivity index is 1.30. The third kappa shape index (κ3) is 3.96. The van der Waals surface area contributed by atoms with Crippen molar-refractivity contribution in [1.82, 2.24) is 4.90 Å². The van der Waals surface area contributed by atoms with Crippen molar-refractivity contribution in [3.63, 3.8) is 0 Å². The van der Waals surface area contributed by atoms with Gasteiger partial charge in [-0.25, -0.2) is 14.0 Å². The molecular formula is C28H24FNO4. The van der Waals surface area contributed by atoms with Crippen LogP contribution in [0.1, 0.15) is 28.2 Å². The Morgan fingerprint density at radius 1 is 1.09 bits per heavy atom. The largest absolute Gasteiger partial charge is 0.448 e.